The molecule has 0 saturated carbocycles. The van der Waals surface area contributed by atoms with Crippen LogP contribution in [-0.2, 0) is 0 Å². The summed E-state index contributed by atoms with van der Waals surface area (Å²) in [5.41, 5.74) is 2.69. The number of aliphatic hydroxyl groups excluding tert-OH is 1. The smallest absolute Gasteiger partial charge is 0.138 e. The van der Waals surface area contributed by atoms with Gasteiger partial charge in [-0.3, -0.25) is 0 Å². The summed E-state index contributed by atoms with van der Waals surface area (Å²) in [6.45, 7) is 0. The lowest BCUT2D eigenvalue weighted by molar-refractivity contribution is 0.263. The summed E-state index contributed by atoms with van der Waals surface area (Å²) in [4.78, 5) is 0. The molecule has 0 saturated heterocycles. The molecule has 3 nitrogen and oxygen atoms in total. The third-order valence-electron chi connectivity index (χ3n) is 3.02. The van der Waals surface area contributed by atoms with E-state index in [1.54, 1.807) is 30.4 Å². The van der Waals surface area contributed by atoms with Crippen molar-refractivity contribution in [3.63, 3.8) is 0 Å². The van der Waals surface area contributed by atoms with Gasteiger partial charge in [-0.1, -0.05) is 12.2 Å². The number of hydrogen-bond acceptors (Lipinski definition) is 3. The molecule has 0 fully saturated rings. The van der Waals surface area contributed by atoms with Crippen LogP contribution in [0.15, 0.2) is 47.8 Å². The van der Waals surface area contributed by atoms with E-state index >= 15 is 0 Å². The van der Waals surface area contributed by atoms with E-state index in [4.69, 9.17) is 16.3 Å². The second kappa shape index (κ2) is 4.19. The van der Waals surface area contributed by atoms with Gasteiger partial charge >= 0.3 is 0 Å². The number of aromatic hydroxyl groups is 1. The molecule has 2 aliphatic rings. The van der Waals surface area contributed by atoms with Crippen LogP contribution in [0.5, 0.6) is 11.5 Å². The number of allylic oxidation sites excluding steroid dienone is 2. The molecule has 92 valence electrons. The number of phenols is 1. The monoisotopic (exact) mass is 262 g/mol. The van der Waals surface area contributed by atoms with Gasteiger partial charge in [0.1, 0.15) is 17.3 Å². The largest absolute Gasteiger partial charge is 0.508 e. The Labute approximate surface area is 109 Å². The van der Waals surface area contributed by atoms with Crippen molar-refractivity contribution in [2.45, 2.75) is 6.10 Å². The van der Waals surface area contributed by atoms with Crippen molar-refractivity contribution >= 4 is 17.2 Å². The van der Waals surface area contributed by atoms with E-state index in [-0.39, 0.29) is 5.75 Å². The fourth-order valence-corrected chi connectivity index (χ4v) is 2.46. The molecule has 1 aliphatic carbocycles. The molecule has 1 aliphatic heterocycles. The van der Waals surface area contributed by atoms with Gasteiger partial charge in [-0.05, 0) is 23.8 Å². The van der Waals surface area contributed by atoms with Gasteiger partial charge < -0.3 is 14.9 Å². The Balaban J connectivity index is 2.22. The minimum Gasteiger partial charge on any atom is -0.508 e. The van der Waals surface area contributed by atoms with E-state index in [0.29, 0.717) is 17.4 Å². The Morgan fingerprint density at radius 1 is 1.33 bits per heavy atom. The zero-order valence-corrected chi connectivity index (χ0v) is 10.2. The minimum absolute atomic E-state index is 0.138. The minimum atomic E-state index is -0.654. The zero-order valence-electron chi connectivity index (χ0n) is 9.43. The number of hydrogen-bond donors (Lipinski definition) is 2. The van der Waals surface area contributed by atoms with Gasteiger partial charge in [-0.2, -0.15) is 0 Å². The third kappa shape index (κ3) is 1.72. The van der Waals surface area contributed by atoms with Gasteiger partial charge in [0.2, 0.25) is 0 Å². The highest BCUT2D eigenvalue weighted by Gasteiger charge is 2.25. The number of halogens is 1. The van der Waals surface area contributed by atoms with Crippen molar-refractivity contribution < 1.29 is 14.9 Å². The molecule has 18 heavy (non-hydrogen) atoms. The number of aliphatic hydroxyl groups is 1. The maximum absolute atomic E-state index is 9.56. The summed E-state index contributed by atoms with van der Waals surface area (Å²) in [5.74, 6) is 1.62. The van der Waals surface area contributed by atoms with Gasteiger partial charge in [-0.15, -0.1) is 11.6 Å². The van der Waals surface area contributed by atoms with Crippen LogP contribution in [0.2, 0.25) is 0 Å². The van der Waals surface area contributed by atoms with E-state index < -0.39 is 6.10 Å². The van der Waals surface area contributed by atoms with Gasteiger partial charge in [0.05, 0.1) is 6.10 Å². The molecular weight excluding hydrogens is 252 g/mol. The van der Waals surface area contributed by atoms with Crippen LogP contribution < -0.4 is 4.74 Å². The maximum atomic E-state index is 9.56. The van der Waals surface area contributed by atoms with Crippen LogP contribution in [0.3, 0.4) is 0 Å². The molecule has 2 N–H and O–H groups in total. The lowest BCUT2D eigenvalue weighted by Crippen LogP contribution is -2.15. The molecular formula is C14H11ClO3. The molecule has 1 aromatic carbocycles. The van der Waals surface area contributed by atoms with Gasteiger partial charge in [-0.25, -0.2) is 0 Å². The lowest BCUT2D eigenvalue weighted by atomic mass is 9.93. The molecule has 0 amide bonds. The Morgan fingerprint density at radius 2 is 2.17 bits per heavy atom. The Bertz CT molecular complexity index is 599. The summed E-state index contributed by atoms with van der Waals surface area (Å²) in [6, 6.07) is 4.93. The van der Waals surface area contributed by atoms with Crippen molar-refractivity contribution in [1.29, 1.82) is 0 Å². The summed E-state index contributed by atoms with van der Waals surface area (Å²) >= 11 is 6.00. The second-order valence-electron chi connectivity index (χ2n) is 4.19. The Kier molecular flexibility index (Phi) is 2.65. The third-order valence-corrected chi connectivity index (χ3v) is 3.28. The normalized spacial score (nSPS) is 21.0. The van der Waals surface area contributed by atoms with E-state index in [1.807, 2.05) is 6.08 Å². The first-order valence-corrected chi connectivity index (χ1v) is 6.11. The molecule has 1 heterocycles. The standard InChI is InChI=1S/C14H11ClO3/c15-7-12-10-3-1-8(16)5-13(10)18-14-6-9(17)2-4-11(12)14/h1-6,8,16-17H,7H2. The van der Waals surface area contributed by atoms with Crippen LogP contribution in [-0.4, -0.2) is 22.2 Å². The first kappa shape index (κ1) is 11.4. The highest BCUT2D eigenvalue weighted by molar-refractivity contribution is 6.24. The molecule has 3 rings (SSSR count). The van der Waals surface area contributed by atoms with Crippen LogP contribution in [0.4, 0.5) is 0 Å². The highest BCUT2D eigenvalue weighted by Crippen LogP contribution is 2.41. The molecule has 0 aromatic heterocycles. The van der Waals surface area contributed by atoms with E-state index in [2.05, 4.69) is 0 Å². The first-order valence-electron chi connectivity index (χ1n) is 5.58. The summed E-state index contributed by atoms with van der Waals surface area (Å²) in [5, 5.41) is 19.0. The summed E-state index contributed by atoms with van der Waals surface area (Å²) in [7, 11) is 0. The molecule has 1 unspecified atom stereocenters. The van der Waals surface area contributed by atoms with Gasteiger partial charge in [0.25, 0.3) is 0 Å². The topological polar surface area (TPSA) is 49.7 Å². The Morgan fingerprint density at radius 3 is 2.94 bits per heavy atom. The number of fused-ring (bicyclic) bond motifs is 2. The SMILES string of the molecule is Oc1ccc2c(c1)OC1=CC(O)C=CC1=C2CCl. The highest BCUT2D eigenvalue weighted by atomic mass is 35.5. The van der Waals surface area contributed by atoms with Gasteiger partial charge in [0.15, 0.2) is 0 Å². The predicted octanol–water partition coefficient (Wildman–Crippen LogP) is 2.59. The molecule has 0 bridgehead atoms. The van der Waals surface area contributed by atoms with Crippen LogP contribution in [0.1, 0.15) is 5.56 Å². The van der Waals surface area contributed by atoms with E-state index in [9.17, 15) is 10.2 Å². The van der Waals surface area contributed by atoms with Crippen LogP contribution in [0.25, 0.3) is 5.57 Å². The number of ether oxygens (including phenoxy) is 1. The number of rotatable bonds is 1. The first-order chi connectivity index (χ1) is 8.69. The fourth-order valence-electron chi connectivity index (χ4n) is 2.17. The van der Waals surface area contributed by atoms with Crippen molar-refractivity contribution in [3.05, 3.63) is 53.3 Å². The molecule has 1 aromatic rings. The lowest BCUT2D eigenvalue weighted by Gasteiger charge is -2.26. The molecule has 0 radical (unpaired) electrons. The van der Waals surface area contributed by atoms with Crippen molar-refractivity contribution in [2.75, 3.05) is 5.88 Å². The fraction of sp³-hybridized carbons (Fsp3) is 0.143. The van der Waals surface area contributed by atoms with E-state index in [0.717, 1.165) is 16.7 Å². The number of benzene rings is 1. The second-order valence-corrected chi connectivity index (χ2v) is 4.46. The quantitative estimate of drug-likeness (QED) is 0.765. The number of alkyl halides is 1. The average Bonchev–Trinajstić information content (AvgIpc) is 2.35. The van der Waals surface area contributed by atoms with Crippen LogP contribution in [0, 0.1) is 0 Å². The van der Waals surface area contributed by atoms with Crippen molar-refractivity contribution in [1.82, 2.24) is 0 Å². The van der Waals surface area contributed by atoms with Crippen molar-refractivity contribution in [3.8, 4) is 11.5 Å². The average molecular weight is 263 g/mol. The molecule has 1 atom stereocenters. The summed E-state index contributed by atoms with van der Waals surface area (Å²) < 4.78 is 5.69. The zero-order chi connectivity index (χ0) is 12.7. The Hall–Kier alpha value is -1.71. The molecule has 0 spiro atoms. The number of phenolic OH excluding ortho intramolecular Hbond substituents is 1. The maximum Gasteiger partial charge on any atom is 0.138 e. The van der Waals surface area contributed by atoms with E-state index in [1.165, 1.54) is 0 Å². The summed E-state index contributed by atoms with van der Waals surface area (Å²) in [6.07, 6.45) is 4.46. The van der Waals surface area contributed by atoms with Crippen molar-refractivity contribution in [2.24, 2.45) is 0 Å². The molecule has 4 heteroatoms. The van der Waals surface area contributed by atoms with Crippen LogP contribution >= 0.6 is 11.6 Å². The van der Waals surface area contributed by atoms with Gasteiger partial charge in [0, 0.05) is 23.1 Å². The predicted molar refractivity (Wildman–Crippen MR) is 69.6 cm³/mol.